The molecule has 0 radical (unpaired) electrons. The summed E-state index contributed by atoms with van der Waals surface area (Å²) in [6.45, 7) is 10.8. The number of benzene rings is 1. The molecule has 2 aliphatic rings. The molecule has 1 aromatic carbocycles. The number of ether oxygens (including phenoxy) is 3. The molecule has 11 nitrogen and oxygen atoms in total. The van der Waals surface area contributed by atoms with Gasteiger partial charge < -0.3 is 28.9 Å². The molecule has 0 saturated carbocycles. The molecule has 0 atom stereocenters. The summed E-state index contributed by atoms with van der Waals surface area (Å²) in [6.07, 6.45) is 5.97. The van der Waals surface area contributed by atoms with Gasteiger partial charge in [0.1, 0.15) is 12.4 Å². The Kier molecular flexibility index (Phi) is 12.1. The van der Waals surface area contributed by atoms with Crippen molar-refractivity contribution in [2.45, 2.75) is 43.6 Å². The van der Waals surface area contributed by atoms with Crippen LogP contribution in [-0.2, 0) is 29.9 Å². The monoisotopic (exact) mass is 631 g/mol. The van der Waals surface area contributed by atoms with Crippen LogP contribution in [0.5, 0.6) is 5.75 Å². The molecular formula is C32H49N5O6S. The summed E-state index contributed by atoms with van der Waals surface area (Å²) in [5.41, 5.74) is 1.82. The molecule has 44 heavy (non-hydrogen) atoms. The summed E-state index contributed by atoms with van der Waals surface area (Å²) in [6, 6.07) is 7.42. The van der Waals surface area contributed by atoms with Gasteiger partial charge in [-0.1, -0.05) is 6.07 Å². The first-order valence-corrected chi connectivity index (χ1v) is 16.9. The van der Waals surface area contributed by atoms with Crippen LogP contribution in [0.4, 0.5) is 0 Å². The molecule has 0 unspecified atom stereocenters. The van der Waals surface area contributed by atoms with Crippen LogP contribution in [0.15, 0.2) is 41.6 Å². The van der Waals surface area contributed by atoms with E-state index in [4.69, 9.17) is 14.2 Å². The maximum atomic E-state index is 13.2. The van der Waals surface area contributed by atoms with E-state index < -0.39 is 15.6 Å². The average molecular weight is 632 g/mol. The molecule has 0 aliphatic carbocycles. The van der Waals surface area contributed by atoms with E-state index in [1.54, 1.807) is 39.3 Å². The van der Waals surface area contributed by atoms with Crippen molar-refractivity contribution >= 4 is 15.9 Å². The van der Waals surface area contributed by atoms with Crippen molar-refractivity contribution in [1.29, 1.82) is 0 Å². The minimum Gasteiger partial charge on any atom is -0.497 e. The van der Waals surface area contributed by atoms with Crippen LogP contribution in [0, 0.1) is 13.8 Å². The molecule has 2 saturated heterocycles. The predicted molar refractivity (Wildman–Crippen MR) is 169 cm³/mol. The smallest absolute Gasteiger partial charge is 0.248 e. The van der Waals surface area contributed by atoms with Crippen LogP contribution >= 0.6 is 0 Å². The van der Waals surface area contributed by atoms with Gasteiger partial charge in [0.15, 0.2) is 0 Å². The lowest BCUT2D eigenvalue weighted by atomic mass is 9.85. The number of rotatable bonds is 14. The number of piperazine rings is 1. The van der Waals surface area contributed by atoms with Gasteiger partial charge in [-0.3, -0.25) is 9.78 Å². The van der Waals surface area contributed by atoms with Crippen molar-refractivity contribution in [3.8, 4) is 5.75 Å². The molecule has 1 aromatic heterocycles. The average Bonchev–Trinajstić information content (AvgIpc) is 3.02. The minimum absolute atomic E-state index is 0.0970. The van der Waals surface area contributed by atoms with Gasteiger partial charge in [0.05, 0.1) is 24.2 Å². The van der Waals surface area contributed by atoms with E-state index in [0.29, 0.717) is 49.4 Å². The lowest BCUT2D eigenvalue weighted by molar-refractivity contribution is -0.144. The Morgan fingerprint density at radius 1 is 1.05 bits per heavy atom. The quantitative estimate of drug-likeness (QED) is 0.291. The van der Waals surface area contributed by atoms with Crippen LogP contribution < -0.4 is 4.74 Å². The number of hydrogen-bond acceptors (Lipinski definition) is 9. The topological polar surface area (TPSA) is 105 Å². The summed E-state index contributed by atoms with van der Waals surface area (Å²) in [5, 5.41) is 0. The zero-order valence-corrected chi connectivity index (χ0v) is 27.8. The predicted octanol–water partition coefficient (Wildman–Crippen LogP) is 2.52. The maximum absolute atomic E-state index is 13.2. The second-order valence-corrected chi connectivity index (χ2v) is 13.9. The Bertz CT molecular complexity index is 1300. The molecule has 0 bridgehead atoms. The summed E-state index contributed by atoms with van der Waals surface area (Å²) in [4.78, 5) is 24.3. The van der Waals surface area contributed by atoms with Gasteiger partial charge in [-0.2, -0.15) is 4.31 Å². The molecule has 0 spiro atoms. The third-order valence-corrected chi connectivity index (χ3v) is 11.0. The number of pyridine rings is 1. The van der Waals surface area contributed by atoms with E-state index in [0.717, 1.165) is 44.7 Å². The van der Waals surface area contributed by atoms with E-state index in [1.807, 2.05) is 17.2 Å². The van der Waals surface area contributed by atoms with E-state index >= 15 is 0 Å². The van der Waals surface area contributed by atoms with E-state index in [1.165, 1.54) is 11.4 Å². The van der Waals surface area contributed by atoms with Crippen molar-refractivity contribution in [3.63, 3.8) is 0 Å². The number of aromatic nitrogens is 1. The zero-order chi connectivity index (χ0) is 31.7. The van der Waals surface area contributed by atoms with Gasteiger partial charge in [0.25, 0.3) is 0 Å². The van der Waals surface area contributed by atoms with Gasteiger partial charge in [0, 0.05) is 84.0 Å². The van der Waals surface area contributed by atoms with Crippen LogP contribution in [0.2, 0.25) is 0 Å². The summed E-state index contributed by atoms with van der Waals surface area (Å²) < 4.78 is 45.3. The van der Waals surface area contributed by atoms with Gasteiger partial charge in [-0.25, -0.2) is 8.42 Å². The number of amides is 1. The van der Waals surface area contributed by atoms with E-state index in [-0.39, 0.29) is 30.6 Å². The fourth-order valence-corrected chi connectivity index (χ4v) is 7.61. The number of likely N-dealkylation sites (tertiary alicyclic amines) is 1. The molecule has 2 aromatic rings. The van der Waals surface area contributed by atoms with Crippen LogP contribution in [0.3, 0.4) is 0 Å². The van der Waals surface area contributed by atoms with Crippen molar-refractivity contribution in [3.05, 3.63) is 53.3 Å². The SMILES string of the molecule is COc1cc(C)c(S(=O)(=O)N(C)CCOCC(=O)N2CCC(OCCCN3CCN(C)CC3)(c3cccnc3)CC2)c(C)c1. The third-order valence-electron chi connectivity index (χ3n) is 8.82. The minimum atomic E-state index is -3.73. The second-order valence-electron chi connectivity index (χ2n) is 11.9. The molecule has 4 rings (SSSR count). The Morgan fingerprint density at radius 3 is 2.34 bits per heavy atom. The van der Waals surface area contributed by atoms with Crippen molar-refractivity contribution in [2.75, 3.05) is 93.4 Å². The maximum Gasteiger partial charge on any atom is 0.248 e. The van der Waals surface area contributed by atoms with E-state index in [9.17, 15) is 13.2 Å². The lowest BCUT2D eigenvalue weighted by Crippen LogP contribution is -2.48. The molecule has 0 N–H and O–H groups in total. The zero-order valence-electron chi connectivity index (χ0n) is 27.0. The van der Waals surface area contributed by atoms with Gasteiger partial charge in [-0.15, -0.1) is 0 Å². The number of hydrogen-bond donors (Lipinski definition) is 0. The highest BCUT2D eigenvalue weighted by atomic mass is 32.2. The third kappa shape index (κ3) is 8.55. The van der Waals surface area contributed by atoms with Crippen molar-refractivity contribution in [2.24, 2.45) is 0 Å². The highest BCUT2D eigenvalue weighted by molar-refractivity contribution is 7.89. The molecule has 2 fully saturated rings. The number of carbonyl (C=O) groups excluding carboxylic acids is 1. The molecular weight excluding hydrogens is 582 g/mol. The Balaban J connectivity index is 1.24. The van der Waals surface area contributed by atoms with E-state index in [2.05, 4.69) is 27.9 Å². The lowest BCUT2D eigenvalue weighted by Gasteiger charge is -2.42. The molecule has 1 amide bonds. The first kappa shape index (κ1) is 34.3. The second kappa shape index (κ2) is 15.6. The largest absolute Gasteiger partial charge is 0.497 e. The van der Waals surface area contributed by atoms with Crippen molar-refractivity contribution in [1.82, 2.24) is 24.0 Å². The highest BCUT2D eigenvalue weighted by Gasteiger charge is 2.38. The first-order chi connectivity index (χ1) is 21.1. The van der Waals surface area contributed by atoms with Gasteiger partial charge in [-0.05, 0) is 69.5 Å². The highest BCUT2D eigenvalue weighted by Crippen LogP contribution is 2.37. The van der Waals surface area contributed by atoms with Crippen molar-refractivity contribution < 1.29 is 27.4 Å². The Hall–Kier alpha value is -2.61. The summed E-state index contributed by atoms with van der Waals surface area (Å²) in [7, 11) is 1.52. The first-order valence-electron chi connectivity index (χ1n) is 15.5. The summed E-state index contributed by atoms with van der Waals surface area (Å²) >= 11 is 0. The number of aryl methyl sites for hydroxylation is 2. The van der Waals surface area contributed by atoms with Gasteiger partial charge in [0.2, 0.25) is 15.9 Å². The van der Waals surface area contributed by atoms with Crippen LogP contribution in [0.25, 0.3) is 0 Å². The van der Waals surface area contributed by atoms with Crippen LogP contribution in [0.1, 0.15) is 36.0 Å². The fraction of sp³-hybridized carbons (Fsp3) is 0.625. The molecule has 3 heterocycles. The summed E-state index contributed by atoms with van der Waals surface area (Å²) in [5.74, 6) is 0.513. The number of nitrogens with zero attached hydrogens (tertiary/aromatic N) is 5. The fourth-order valence-electron chi connectivity index (χ4n) is 6.05. The Morgan fingerprint density at radius 2 is 1.73 bits per heavy atom. The molecule has 2 aliphatic heterocycles. The van der Waals surface area contributed by atoms with Crippen LogP contribution in [-0.4, -0.2) is 132 Å². The van der Waals surface area contributed by atoms with Gasteiger partial charge >= 0.3 is 0 Å². The molecule has 12 heteroatoms. The Labute approximate surface area is 263 Å². The normalized spacial score (nSPS) is 18.1. The standard InChI is InChI=1S/C32H49N5O6S/c1-26-22-29(41-5)23-27(2)31(26)44(39,40)35(4)19-21-42-25-30(38)37-13-9-32(10-14-37,28-8-6-11-33-24-28)43-20-7-12-36-17-15-34(3)16-18-36/h6,8,11,22-24H,7,9-10,12-21,25H2,1-5H3. The number of sulfonamides is 1. The molecule has 244 valence electrons. The number of likely N-dealkylation sites (N-methyl/N-ethyl adjacent to an activating group) is 2. The number of piperidine rings is 1. The number of methoxy groups -OCH3 is 1. The number of carbonyl (C=O) groups is 1.